The van der Waals surface area contributed by atoms with E-state index in [1.54, 1.807) is 38.3 Å². The third-order valence-electron chi connectivity index (χ3n) is 4.10. The van der Waals surface area contributed by atoms with E-state index in [2.05, 4.69) is 0 Å². The Morgan fingerprint density at radius 2 is 1.81 bits per heavy atom. The van der Waals surface area contributed by atoms with Crippen LogP contribution in [0.15, 0.2) is 36.4 Å². The lowest BCUT2D eigenvalue weighted by atomic mass is 10.1. The highest BCUT2D eigenvalue weighted by Crippen LogP contribution is 2.27. The number of rotatable bonds is 8. The van der Waals surface area contributed by atoms with Crippen LogP contribution in [0.25, 0.3) is 0 Å². The molecule has 0 fully saturated rings. The molecule has 0 atom stereocenters. The Bertz CT molecular complexity index is 763. The molecule has 0 radical (unpaired) electrons. The minimum Gasteiger partial charge on any atom is -0.493 e. The fourth-order valence-electron chi connectivity index (χ4n) is 2.42. The number of hydrogen-bond donors (Lipinski definition) is 0. The molecule has 1 amide bonds. The summed E-state index contributed by atoms with van der Waals surface area (Å²) in [5.41, 5.74) is 1.98. The third-order valence-corrected chi connectivity index (χ3v) is 4.53. The molecule has 0 unspecified atom stereocenters. The van der Waals surface area contributed by atoms with Crippen LogP contribution >= 0.6 is 11.6 Å². The van der Waals surface area contributed by atoms with Gasteiger partial charge in [0.05, 0.1) is 14.2 Å². The molecule has 2 aromatic carbocycles. The molecule has 0 aromatic heterocycles. The van der Waals surface area contributed by atoms with Crippen molar-refractivity contribution in [1.82, 2.24) is 4.90 Å². The summed E-state index contributed by atoms with van der Waals surface area (Å²) in [6.45, 7) is 2.47. The predicted octanol–water partition coefficient (Wildman–Crippen LogP) is 3.75. The number of hydrogen-bond acceptors (Lipinski definition) is 4. The predicted molar refractivity (Wildman–Crippen MR) is 103 cm³/mol. The van der Waals surface area contributed by atoms with Gasteiger partial charge in [-0.1, -0.05) is 17.7 Å². The Labute approximate surface area is 159 Å². The summed E-state index contributed by atoms with van der Waals surface area (Å²) in [5, 5.41) is 0.677. The minimum absolute atomic E-state index is 0.0104. The van der Waals surface area contributed by atoms with Crippen molar-refractivity contribution >= 4 is 17.5 Å². The van der Waals surface area contributed by atoms with Crippen LogP contribution in [0.2, 0.25) is 5.02 Å². The molecule has 0 bridgehead atoms. The summed E-state index contributed by atoms with van der Waals surface area (Å²) in [4.78, 5) is 13.9. The standard InChI is InChI=1S/C20H24ClNO4/c1-14-11-16(6-7-17(14)21)26-13-20(23)22(2)10-9-15-5-8-18(24-3)19(12-15)25-4/h5-8,11-12H,9-10,13H2,1-4H3. The highest BCUT2D eigenvalue weighted by Gasteiger charge is 2.11. The van der Waals surface area contributed by atoms with E-state index in [4.69, 9.17) is 25.8 Å². The van der Waals surface area contributed by atoms with Gasteiger partial charge in [0.2, 0.25) is 0 Å². The summed E-state index contributed by atoms with van der Waals surface area (Å²) < 4.78 is 16.1. The van der Waals surface area contributed by atoms with E-state index >= 15 is 0 Å². The van der Waals surface area contributed by atoms with E-state index in [1.165, 1.54) is 0 Å². The zero-order valence-electron chi connectivity index (χ0n) is 15.5. The summed E-state index contributed by atoms with van der Waals surface area (Å²) in [5.74, 6) is 1.92. The van der Waals surface area contributed by atoms with Crippen molar-refractivity contribution in [2.24, 2.45) is 0 Å². The lowest BCUT2D eigenvalue weighted by Gasteiger charge is -2.18. The largest absolute Gasteiger partial charge is 0.493 e. The Morgan fingerprint density at radius 1 is 1.08 bits per heavy atom. The van der Waals surface area contributed by atoms with E-state index in [0.717, 1.165) is 11.1 Å². The molecule has 5 nitrogen and oxygen atoms in total. The molecule has 6 heteroatoms. The molecular weight excluding hydrogens is 354 g/mol. The topological polar surface area (TPSA) is 48.0 Å². The lowest BCUT2D eigenvalue weighted by Crippen LogP contribution is -2.33. The molecule has 2 rings (SSSR count). The summed E-state index contributed by atoms with van der Waals surface area (Å²) >= 11 is 5.99. The third kappa shape index (κ3) is 5.30. The van der Waals surface area contributed by atoms with Gasteiger partial charge in [0.15, 0.2) is 18.1 Å². The van der Waals surface area contributed by atoms with Crippen molar-refractivity contribution in [3.8, 4) is 17.2 Å². The summed E-state index contributed by atoms with van der Waals surface area (Å²) in [7, 11) is 4.97. The maximum Gasteiger partial charge on any atom is 0.260 e. The van der Waals surface area contributed by atoms with Crippen LogP contribution in [-0.2, 0) is 11.2 Å². The molecule has 0 spiro atoms. The Hall–Kier alpha value is -2.40. The average molecular weight is 378 g/mol. The average Bonchev–Trinajstić information content (AvgIpc) is 2.66. The fraction of sp³-hybridized carbons (Fsp3) is 0.350. The van der Waals surface area contributed by atoms with E-state index in [-0.39, 0.29) is 12.5 Å². The van der Waals surface area contributed by atoms with Gasteiger partial charge in [0, 0.05) is 18.6 Å². The molecule has 26 heavy (non-hydrogen) atoms. The number of ether oxygens (including phenoxy) is 3. The van der Waals surface area contributed by atoms with E-state index in [1.807, 2.05) is 31.2 Å². The van der Waals surface area contributed by atoms with Crippen molar-refractivity contribution in [2.75, 3.05) is 34.4 Å². The van der Waals surface area contributed by atoms with Gasteiger partial charge in [0.1, 0.15) is 5.75 Å². The molecule has 0 N–H and O–H groups in total. The molecule has 0 saturated heterocycles. The number of carbonyl (C=O) groups is 1. The highest BCUT2D eigenvalue weighted by molar-refractivity contribution is 6.31. The highest BCUT2D eigenvalue weighted by atomic mass is 35.5. The number of halogens is 1. The molecule has 0 aliphatic heterocycles. The first-order valence-electron chi connectivity index (χ1n) is 8.28. The fourth-order valence-corrected chi connectivity index (χ4v) is 2.54. The normalized spacial score (nSPS) is 10.3. The van der Waals surface area contributed by atoms with Gasteiger partial charge in [-0.05, 0) is 54.8 Å². The van der Waals surface area contributed by atoms with Crippen LogP contribution < -0.4 is 14.2 Å². The van der Waals surface area contributed by atoms with Gasteiger partial charge in [-0.2, -0.15) is 0 Å². The first kappa shape index (κ1) is 19.9. The Kier molecular flexibility index (Phi) is 7.16. The van der Waals surface area contributed by atoms with Gasteiger partial charge in [-0.25, -0.2) is 0 Å². The molecule has 0 aliphatic carbocycles. The molecular formula is C20H24ClNO4. The monoisotopic (exact) mass is 377 g/mol. The minimum atomic E-state index is -0.0851. The number of likely N-dealkylation sites (N-methyl/N-ethyl adjacent to an activating group) is 1. The van der Waals surface area contributed by atoms with Crippen LogP contribution in [0.4, 0.5) is 0 Å². The van der Waals surface area contributed by atoms with Gasteiger partial charge < -0.3 is 19.1 Å². The molecule has 0 saturated carbocycles. The second kappa shape index (κ2) is 9.34. The quantitative estimate of drug-likeness (QED) is 0.703. The van der Waals surface area contributed by atoms with Crippen LogP contribution in [0.5, 0.6) is 17.2 Å². The van der Waals surface area contributed by atoms with E-state index < -0.39 is 0 Å². The zero-order valence-corrected chi connectivity index (χ0v) is 16.3. The summed E-state index contributed by atoms with van der Waals surface area (Å²) in [6, 6.07) is 11.1. The van der Waals surface area contributed by atoms with E-state index in [0.29, 0.717) is 35.2 Å². The number of amides is 1. The first-order valence-corrected chi connectivity index (χ1v) is 8.66. The smallest absolute Gasteiger partial charge is 0.260 e. The van der Waals surface area contributed by atoms with E-state index in [9.17, 15) is 4.79 Å². The maximum absolute atomic E-state index is 12.2. The molecule has 0 aliphatic rings. The van der Waals surface area contributed by atoms with Gasteiger partial charge in [0.25, 0.3) is 5.91 Å². The van der Waals surface area contributed by atoms with Crippen LogP contribution in [0.3, 0.4) is 0 Å². The molecule has 140 valence electrons. The van der Waals surface area contributed by atoms with Crippen molar-refractivity contribution in [3.05, 3.63) is 52.5 Å². The van der Waals surface area contributed by atoms with Crippen molar-refractivity contribution in [2.45, 2.75) is 13.3 Å². The van der Waals surface area contributed by atoms with Crippen LogP contribution in [0.1, 0.15) is 11.1 Å². The second-order valence-corrected chi connectivity index (χ2v) is 6.36. The number of aryl methyl sites for hydroxylation is 1. The number of benzene rings is 2. The number of methoxy groups -OCH3 is 2. The van der Waals surface area contributed by atoms with Gasteiger partial charge >= 0.3 is 0 Å². The van der Waals surface area contributed by atoms with Crippen molar-refractivity contribution < 1.29 is 19.0 Å². The van der Waals surface area contributed by atoms with Gasteiger partial charge in [-0.3, -0.25) is 4.79 Å². The Balaban J connectivity index is 1.86. The zero-order chi connectivity index (χ0) is 19.1. The first-order chi connectivity index (χ1) is 12.4. The number of nitrogens with zero attached hydrogens (tertiary/aromatic N) is 1. The molecule has 0 heterocycles. The van der Waals surface area contributed by atoms with Gasteiger partial charge in [-0.15, -0.1) is 0 Å². The number of carbonyl (C=O) groups excluding carboxylic acids is 1. The summed E-state index contributed by atoms with van der Waals surface area (Å²) in [6.07, 6.45) is 0.711. The van der Waals surface area contributed by atoms with Crippen molar-refractivity contribution in [3.63, 3.8) is 0 Å². The molecule has 2 aromatic rings. The van der Waals surface area contributed by atoms with Crippen LogP contribution in [0, 0.1) is 6.92 Å². The van der Waals surface area contributed by atoms with Crippen LogP contribution in [-0.4, -0.2) is 45.2 Å². The van der Waals surface area contributed by atoms with Crippen molar-refractivity contribution in [1.29, 1.82) is 0 Å². The Morgan fingerprint density at radius 3 is 2.46 bits per heavy atom. The maximum atomic E-state index is 12.2. The SMILES string of the molecule is COc1ccc(CCN(C)C(=O)COc2ccc(Cl)c(C)c2)cc1OC. The second-order valence-electron chi connectivity index (χ2n) is 5.95. The lowest BCUT2D eigenvalue weighted by molar-refractivity contribution is -0.132.